The second-order valence-corrected chi connectivity index (χ2v) is 7.18. The Labute approximate surface area is 163 Å². The summed E-state index contributed by atoms with van der Waals surface area (Å²) in [5, 5.41) is 11.4. The van der Waals surface area contributed by atoms with Gasteiger partial charge < -0.3 is 15.5 Å². The number of hydrogen-bond acceptors (Lipinski definition) is 6. The van der Waals surface area contributed by atoms with Gasteiger partial charge in [0.05, 0.1) is 24.1 Å². The lowest BCUT2D eigenvalue weighted by molar-refractivity contribution is 0.202. The maximum atomic E-state index is 6.23. The number of hydrogen-bond donors (Lipinski definition) is 2. The van der Waals surface area contributed by atoms with Crippen LogP contribution in [-0.2, 0) is 0 Å². The highest BCUT2D eigenvalue weighted by Gasteiger charge is 2.19. The molecule has 0 bridgehead atoms. The summed E-state index contributed by atoms with van der Waals surface area (Å²) in [5.41, 5.74) is 1.77. The Kier molecular flexibility index (Phi) is 5.22. The molecule has 1 aliphatic heterocycles. The molecule has 0 aliphatic carbocycles. The summed E-state index contributed by atoms with van der Waals surface area (Å²) in [7, 11) is 2.15. The quantitative estimate of drug-likeness (QED) is 0.691. The predicted octanol–water partition coefficient (Wildman–Crippen LogP) is 4.08. The van der Waals surface area contributed by atoms with Crippen molar-refractivity contribution in [3.63, 3.8) is 0 Å². The fourth-order valence-electron chi connectivity index (χ4n) is 3.26. The molecule has 27 heavy (non-hydrogen) atoms. The largest absolute Gasteiger partial charge is 0.339 e. The smallest absolute Gasteiger partial charge is 0.229 e. The molecule has 1 fully saturated rings. The van der Waals surface area contributed by atoms with Gasteiger partial charge in [0, 0.05) is 18.4 Å². The van der Waals surface area contributed by atoms with Crippen molar-refractivity contribution < 1.29 is 0 Å². The van der Waals surface area contributed by atoms with E-state index in [1.54, 1.807) is 12.4 Å². The van der Waals surface area contributed by atoms with E-state index in [2.05, 4.69) is 37.6 Å². The molecule has 1 unspecified atom stereocenters. The zero-order chi connectivity index (χ0) is 18.6. The third-order valence-electron chi connectivity index (χ3n) is 4.61. The lowest BCUT2D eigenvalue weighted by atomic mass is 10.1. The molecular weight excluding hydrogens is 362 g/mol. The zero-order valence-electron chi connectivity index (χ0n) is 15.1. The van der Waals surface area contributed by atoms with E-state index in [9.17, 15) is 0 Å². The number of nitrogens with one attached hydrogen (secondary N) is 2. The van der Waals surface area contributed by atoms with Gasteiger partial charge in [-0.2, -0.15) is 10.1 Å². The number of para-hydroxylation sites is 1. The van der Waals surface area contributed by atoms with Gasteiger partial charge in [0.15, 0.2) is 5.82 Å². The van der Waals surface area contributed by atoms with Crippen LogP contribution in [0.1, 0.15) is 18.9 Å². The molecule has 2 N–H and O–H groups in total. The molecule has 8 heteroatoms. The van der Waals surface area contributed by atoms with E-state index >= 15 is 0 Å². The molecule has 1 saturated heterocycles. The summed E-state index contributed by atoms with van der Waals surface area (Å²) in [6, 6.07) is 10.2. The Bertz CT molecular complexity index is 896. The fraction of sp³-hybridized carbons (Fsp3) is 0.316. The van der Waals surface area contributed by atoms with Crippen molar-refractivity contribution >= 4 is 34.7 Å². The molecule has 0 spiro atoms. The highest BCUT2D eigenvalue weighted by atomic mass is 35.5. The second-order valence-electron chi connectivity index (χ2n) is 6.77. The van der Waals surface area contributed by atoms with Gasteiger partial charge in [-0.3, -0.25) is 4.68 Å². The Morgan fingerprint density at radius 1 is 1.11 bits per heavy atom. The second kappa shape index (κ2) is 7.94. The van der Waals surface area contributed by atoms with Gasteiger partial charge >= 0.3 is 0 Å². The molecule has 1 atom stereocenters. The third kappa shape index (κ3) is 4.37. The third-order valence-corrected chi connectivity index (χ3v) is 4.89. The van der Waals surface area contributed by atoms with Crippen LogP contribution in [0.5, 0.6) is 0 Å². The predicted molar refractivity (Wildman–Crippen MR) is 108 cm³/mol. The standard InChI is InChI=1S/C19H22ClN7/c1-26-9-5-8-16(13-26)27-12-15(10-22-27)24-19-21-11-17(20)18(25-19)23-14-6-3-2-4-7-14/h2-4,6-7,10-12,16H,5,8-9,13H2,1H3,(H2,21,23,24,25). The van der Waals surface area contributed by atoms with Crippen molar-refractivity contribution in [2.45, 2.75) is 18.9 Å². The van der Waals surface area contributed by atoms with E-state index in [0.29, 0.717) is 22.8 Å². The average molecular weight is 384 g/mol. The molecule has 1 aliphatic rings. The number of anilines is 4. The molecule has 4 rings (SSSR count). The first-order chi connectivity index (χ1) is 13.2. The van der Waals surface area contributed by atoms with Gasteiger partial charge in [-0.1, -0.05) is 29.8 Å². The number of aromatic nitrogens is 4. The van der Waals surface area contributed by atoms with E-state index in [0.717, 1.165) is 30.9 Å². The SMILES string of the molecule is CN1CCCC(n2cc(Nc3ncc(Cl)c(Nc4ccccc4)n3)cn2)C1. The van der Waals surface area contributed by atoms with Gasteiger partial charge in [-0.25, -0.2) is 4.98 Å². The van der Waals surface area contributed by atoms with Crippen LogP contribution in [0.4, 0.5) is 23.1 Å². The highest BCUT2D eigenvalue weighted by molar-refractivity contribution is 6.32. The minimum atomic E-state index is 0.403. The normalized spacial score (nSPS) is 17.6. The number of piperidine rings is 1. The van der Waals surface area contributed by atoms with Gasteiger partial charge in [-0.05, 0) is 38.6 Å². The van der Waals surface area contributed by atoms with Gasteiger partial charge in [0.25, 0.3) is 0 Å². The molecule has 2 aromatic heterocycles. The number of nitrogens with zero attached hydrogens (tertiary/aromatic N) is 5. The Balaban J connectivity index is 1.47. The summed E-state index contributed by atoms with van der Waals surface area (Å²) in [5.74, 6) is 1.03. The van der Waals surface area contributed by atoms with E-state index in [1.165, 1.54) is 6.42 Å². The summed E-state index contributed by atoms with van der Waals surface area (Å²) in [6.07, 6.45) is 7.73. The van der Waals surface area contributed by atoms with Crippen molar-refractivity contribution in [2.75, 3.05) is 30.8 Å². The first kappa shape index (κ1) is 17.8. The van der Waals surface area contributed by atoms with Gasteiger partial charge in [0.2, 0.25) is 5.95 Å². The molecule has 0 radical (unpaired) electrons. The van der Waals surface area contributed by atoms with E-state index in [-0.39, 0.29) is 0 Å². The Morgan fingerprint density at radius 3 is 2.78 bits per heavy atom. The molecule has 7 nitrogen and oxygen atoms in total. The number of benzene rings is 1. The molecule has 3 aromatic rings. The number of halogens is 1. The lowest BCUT2D eigenvalue weighted by Gasteiger charge is -2.29. The van der Waals surface area contributed by atoms with Gasteiger partial charge in [-0.15, -0.1) is 0 Å². The summed E-state index contributed by atoms with van der Waals surface area (Å²) in [6.45, 7) is 2.17. The van der Waals surface area contributed by atoms with Crippen LogP contribution in [0.3, 0.4) is 0 Å². The zero-order valence-corrected chi connectivity index (χ0v) is 15.9. The number of likely N-dealkylation sites (N-methyl/N-ethyl adjacent to an activating group) is 1. The molecule has 3 heterocycles. The maximum absolute atomic E-state index is 6.23. The number of rotatable bonds is 5. The van der Waals surface area contributed by atoms with Crippen LogP contribution >= 0.6 is 11.6 Å². The average Bonchev–Trinajstić information content (AvgIpc) is 3.14. The fourth-order valence-corrected chi connectivity index (χ4v) is 3.40. The molecule has 0 saturated carbocycles. The van der Waals surface area contributed by atoms with E-state index in [4.69, 9.17) is 11.6 Å². The Morgan fingerprint density at radius 2 is 1.96 bits per heavy atom. The van der Waals surface area contributed by atoms with Gasteiger partial charge in [0.1, 0.15) is 5.02 Å². The maximum Gasteiger partial charge on any atom is 0.229 e. The molecular formula is C19H22ClN7. The van der Waals surface area contributed by atoms with Crippen LogP contribution in [0.25, 0.3) is 0 Å². The minimum Gasteiger partial charge on any atom is -0.339 e. The van der Waals surface area contributed by atoms with Crippen molar-refractivity contribution in [1.82, 2.24) is 24.6 Å². The first-order valence-electron chi connectivity index (χ1n) is 9.02. The Hall–Kier alpha value is -2.64. The summed E-state index contributed by atoms with van der Waals surface area (Å²) in [4.78, 5) is 11.1. The van der Waals surface area contributed by atoms with Crippen LogP contribution in [0.15, 0.2) is 48.9 Å². The first-order valence-corrected chi connectivity index (χ1v) is 9.39. The van der Waals surface area contributed by atoms with E-state index < -0.39 is 0 Å². The van der Waals surface area contributed by atoms with Crippen molar-refractivity contribution in [2.24, 2.45) is 0 Å². The van der Waals surface area contributed by atoms with Crippen molar-refractivity contribution in [1.29, 1.82) is 0 Å². The summed E-state index contributed by atoms with van der Waals surface area (Å²) >= 11 is 6.23. The van der Waals surface area contributed by atoms with Crippen LogP contribution in [0.2, 0.25) is 5.02 Å². The summed E-state index contributed by atoms with van der Waals surface area (Å²) < 4.78 is 2.02. The van der Waals surface area contributed by atoms with Crippen LogP contribution in [0, 0.1) is 0 Å². The van der Waals surface area contributed by atoms with Crippen molar-refractivity contribution in [3.05, 3.63) is 53.9 Å². The minimum absolute atomic E-state index is 0.403. The lowest BCUT2D eigenvalue weighted by Crippen LogP contribution is -2.33. The topological polar surface area (TPSA) is 70.9 Å². The monoisotopic (exact) mass is 383 g/mol. The highest BCUT2D eigenvalue weighted by Crippen LogP contribution is 2.25. The molecule has 140 valence electrons. The van der Waals surface area contributed by atoms with E-state index in [1.807, 2.05) is 41.2 Å². The van der Waals surface area contributed by atoms with Crippen LogP contribution in [-0.4, -0.2) is 44.8 Å². The van der Waals surface area contributed by atoms with Crippen LogP contribution < -0.4 is 10.6 Å². The molecule has 1 aromatic carbocycles. The van der Waals surface area contributed by atoms with Crippen molar-refractivity contribution in [3.8, 4) is 0 Å². The number of likely N-dealkylation sites (tertiary alicyclic amines) is 1. The molecule has 0 amide bonds.